The lowest BCUT2D eigenvalue weighted by Gasteiger charge is -2.31. The second-order valence-corrected chi connectivity index (χ2v) is 5.80. The Balaban J connectivity index is 2.30. The summed E-state index contributed by atoms with van der Waals surface area (Å²) in [7, 11) is 1.77. The molecule has 118 valence electrons. The van der Waals surface area contributed by atoms with Crippen molar-refractivity contribution in [1.29, 1.82) is 0 Å². The van der Waals surface area contributed by atoms with E-state index in [2.05, 4.69) is 36.3 Å². The number of likely N-dealkylation sites (tertiary alicyclic amines) is 1. The van der Waals surface area contributed by atoms with Crippen molar-refractivity contribution in [2.75, 3.05) is 46.4 Å². The third-order valence-electron chi connectivity index (χ3n) is 3.60. The number of piperidine rings is 1. The minimum atomic E-state index is 0.420. The predicted molar refractivity (Wildman–Crippen MR) is 85.3 cm³/mol. The summed E-state index contributed by atoms with van der Waals surface area (Å²) in [5.41, 5.74) is 0. The normalized spacial score (nSPS) is 18.6. The summed E-state index contributed by atoms with van der Waals surface area (Å²) in [6.45, 7) is 12.5. The van der Waals surface area contributed by atoms with Crippen molar-refractivity contribution in [3.8, 4) is 0 Å². The molecule has 0 aromatic heterocycles. The number of aliphatic imine (C=N–C) groups is 1. The SMILES string of the molecule is CCNC(=NCC1CCN(CCOC)CC1)NC(C)C. The number of hydrogen-bond acceptors (Lipinski definition) is 3. The summed E-state index contributed by atoms with van der Waals surface area (Å²) in [5.74, 6) is 1.67. The molecule has 5 heteroatoms. The van der Waals surface area contributed by atoms with Crippen LogP contribution in [0.25, 0.3) is 0 Å². The van der Waals surface area contributed by atoms with E-state index < -0.39 is 0 Å². The molecule has 1 fully saturated rings. The molecule has 1 saturated heterocycles. The van der Waals surface area contributed by atoms with Gasteiger partial charge in [-0.3, -0.25) is 4.99 Å². The lowest BCUT2D eigenvalue weighted by Crippen LogP contribution is -2.42. The molecule has 0 aliphatic carbocycles. The molecule has 1 aliphatic heterocycles. The highest BCUT2D eigenvalue weighted by atomic mass is 16.5. The first kappa shape index (κ1) is 17.2. The second-order valence-electron chi connectivity index (χ2n) is 5.80. The van der Waals surface area contributed by atoms with Gasteiger partial charge in [0, 0.05) is 32.8 Å². The van der Waals surface area contributed by atoms with Crippen LogP contribution in [0.2, 0.25) is 0 Å². The molecule has 0 amide bonds. The number of nitrogens with zero attached hydrogens (tertiary/aromatic N) is 2. The number of hydrogen-bond donors (Lipinski definition) is 2. The summed E-state index contributed by atoms with van der Waals surface area (Å²) in [6.07, 6.45) is 2.49. The zero-order valence-electron chi connectivity index (χ0n) is 13.6. The van der Waals surface area contributed by atoms with Crippen LogP contribution in [0.4, 0.5) is 0 Å². The van der Waals surface area contributed by atoms with Crippen LogP contribution in [0.1, 0.15) is 33.6 Å². The molecule has 0 aromatic carbocycles. The number of nitrogens with one attached hydrogen (secondary N) is 2. The largest absolute Gasteiger partial charge is 0.383 e. The molecule has 5 nitrogen and oxygen atoms in total. The average molecular weight is 284 g/mol. The van der Waals surface area contributed by atoms with Gasteiger partial charge in [-0.2, -0.15) is 0 Å². The fourth-order valence-electron chi connectivity index (χ4n) is 2.43. The maximum absolute atomic E-state index is 5.13. The van der Waals surface area contributed by atoms with Crippen molar-refractivity contribution in [3.63, 3.8) is 0 Å². The molecule has 0 spiro atoms. The Kier molecular flexibility index (Phi) is 8.62. The van der Waals surface area contributed by atoms with E-state index in [0.29, 0.717) is 6.04 Å². The summed E-state index contributed by atoms with van der Waals surface area (Å²) in [5, 5.41) is 6.67. The fourth-order valence-corrected chi connectivity index (χ4v) is 2.43. The lowest BCUT2D eigenvalue weighted by molar-refractivity contribution is 0.121. The fraction of sp³-hybridized carbons (Fsp3) is 0.933. The van der Waals surface area contributed by atoms with Crippen molar-refractivity contribution in [2.24, 2.45) is 10.9 Å². The molecule has 0 saturated carbocycles. The molecule has 0 unspecified atom stereocenters. The Morgan fingerprint density at radius 2 is 2.05 bits per heavy atom. The molecule has 1 heterocycles. The minimum Gasteiger partial charge on any atom is -0.383 e. The number of ether oxygens (including phenoxy) is 1. The first-order chi connectivity index (χ1) is 9.65. The molecule has 0 radical (unpaired) electrons. The van der Waals surface area contributed by atoms with Crippen LogP contribution in [0.3, 0.4) is 0 Å². The molecular formula is C15H32N4O. The lowest BCUT2D eigenvalue weighted by atomic mass is 9.97. The van der Waals surface area contributed by atoms with E-state index in [1.807, 2.05) is 0 Å². The average Bonchev–Trinajstić information content (AvgIpc) is 2.43. The van der Waals surface area contributed by atoms with Gasteiger partial charge < -0.3 is 20.3 Å². The zero-order chi connectivity index (χ0) is 14.8. The van der Waals surface area contributed by atoms with Gasteiger partial charge in [-0.25, -0.2) is 0 Å². The van der Waals surface area contributed by atoms with Gasteiger partial charge >= 0.3 is 0 Å². The third-order valence-corrected chi connectivity index (χ3v) is 3.60. The third kappa shape index (κ3) is 7.10. The molecule has 1 aliphatic rings. The number of rotatable bonds is 7. The van der Waals surface area contributed by atoms with Crippen LogP contribution < -0.4 is 10.6 Å². The van der Waals surface area contributed by atoms with Crippen molar-refractivity contribution < 1.29 is 4.74 Å². The van der Waals surface area contributed by atoms with E-state index in [9.17, 15) is 0 Å². The summed E-state index contributed by atoms with van der Waals surface area (Å²) >= 11 is 0. The summed E-state index contributed by atoms with van der Waals surface area (Å²) in [6, 6.07) is 0.420. The van der Waals surface area contributed by atoms with Crippen molar-refractivity contribution in [2.45, 2.75) is 39.7 Å². The molecule has 2 N–H and O–H groups in total. The Morgan fingerprint density at radius 1 is 1.35 bits per heavy atom. The van der Waals surface area contributed by atoms with Crippen LogP contribution >= 0.6 is 0 Å². The van der Waals surface area contributed by atoms with Gasteiger partial charge in [-0.15, -0.1) is 0 Å². The van der Waals surface area contributed by atoms with Gasteiger partial charge in [0.2, 0.25) is 0 Å². The van der Waals surface area contributed by atoms with Crippen LogP contribution in [0.5, 0.6) is 0 Å². The van der Waals surface area contributed by atoms with Gasteiger partial charge in [0.25, 0.3) is 0 Å². The Morgan fingerprint density at radius 3 is 2.60 bits per heavy atom. The quantitative estimate of drug-likeness (QED) is 0.547. The van der Waals surface area contributed by atoms with E-state index in [1.165, 1.54) is 25.9 Å². The maximum Gasteiger partial charge on any atom is 0.191 e. The first-order valence-corrected chi connectivity index (χ1v) is 7.91. The zero-order valence-corrected chi connectivity index (χ0v) is 13.6. The molecule has 0 aromatic rings. The van der Waals surface area contributed by atoms with Crippen LogP contribution in [0, 0.1) is 5.92 Å². The highest BCUT2D eigenvalue weighted by molar-refractivity contribution is 5.79. The van der Waals surface area contributed by atoms with E-state index in [-0.39, 0.29) is 0 Å². The first-order valence-electron chi connectivity index (χ1n) is 7.91. The van der Waals surface area contributed by atoms with Crippen LogP contribution in [0.15, 0.2) is 4.99 Å². The molecule has 1 rings (SSSR count). The number of methoxy groups -OCH3 is 1. The highest BCUT2D eigenvalue weighted by Gasteiger charge is 2.18. The van der Waals surface area contributed by atoms with E-state index in [1.54, 1.807) is 7.11 Å². The topological polar surface area (TPSA) is 48.9 Å². The van der Waals surface area contributed by atoms with Gasteiger partial charge in [0.15, 0.2) is 5.96 Å². The van der Waals surface area contributed by atoms with Gasteiger partial charge in [-0.05, 0) is 52.6 Å². The molecule has 0 atom stereocenters. The van der Waals surface area contributed by atoms with Crippen LogP contribution in [-0.4, -0.2) is 63.3 Å². The molecule has 20 heavy (non-hydrogen) atoms. The Labute approximate surface area is 124 Å². The maximum atomic E-state index is 5.13. The van der Waals surface area contributed by atoms with Gasteiger partial charge in [0.1, 0.15) is 0 Å². The predicted octanol–water partition coefficient (Wildman–Crippen LogP) is 1.31. The molecular weight excluding hydrogens is 252 g/mol. The highest BCUT2D eigenvalue weighted by Crippen LogP contribution is 2.17. The van der Waals surface area contributed by atoms with Crippen LogP contribution in [-0.2, 0) is 4.74 Å². The second kappa shape index (κ2) is 10.00. The van der Waals surface area contributed by atoms with Gasteiger partial charge in [-0.1, -0.05) is 0 Å². The molecule has 0 bridgehead atoms. The van der Waals surface area contributed by atoms with E-state index in [0.717, 1.165) is 38.1 Å². The van der Waals surface area contributed by atoms with Crippen molar-refractivity contribution >= 4 is 5.96 Å². The Hall–Kier alpha value is -0.810. The summed E-state index contributed by atoms with van der Waals surface area (Å²) < 4.78 is 5.13. The standard InChI is InChI=1S/C15H32N4O/c1-5-16-15(18-13(2)3)17-12-14-6-8-19(9-7-14)10-11-20-4/h13-14H,5-12H2,1-4H3,(H2,16,17,18). The minimum absolute atomic E-state index is 0.420. The van der Waals surface area contributed by atoms with E-state index in [4.69, 9.17) is 9.73 Å². The smallest absolute Gasteiger partial charge is 0.191 e. The van der Waals surface area contributed by atoms with Gasteiger partial charge in [0.05, 0.1) is 6.61 Å². The number of guanidine groups is 1. The van der Waals surface area contributed by atoms with E-state index >= 15 is 0 Å². The Bertz CT molecular complexity index is 273. The van der Waals surface area contributed by atoms with Crippen molar-refractivity contribution in [3.05, 3.63) is 0 Å². The van der Waals surface area contributed by atoms with Crippen molar-refractivity contribution in [1.82, 2.24) is 15.5 Å². The monoisotopic (exact) mass is 284 g/mol. The summed E-state index contributed by atoms with van der Waals surface area (Å²) in [4.78, 5) is 7.20.